The lowest BCUT2D eigenvalue weighted by molar-refractivity contribution is -0.135. The van der Waals surface area contributed by atoms with E-state index < -0.39 is 6.04 Å². The average Bonchev–Trinajstić information content (AvgIpc) is 3.78. The number of thiophene rings is 1. The Morgan fingerprint density at radius 3 is 2.41 bits per heavy atom. The number of anilines is 2. The summed E-state index contributed by atoms with van der Waals surface area (Å²) in [4.78, 5) is 51.3. The second-order valence-corrected chi connectivity index (χ2v) is 15.0. The smallest absolute Gasteiger partial charge is 0.322 e. The number of piperazine rings is 1. The molecule has 13 heteroatoms. The van der Waals surface area contributed by atoms with E-state index in [1.807, 2.05) is 28.2 Å². The van der Waals surface area contributed by atoms with E-state index in [1.165, 1.54) is 6.42 Å². The number of likely N-dealkylation sites (N-methyl/N-ethyl adjacent to an activating group) is 1. The lowest BCUT2D eigenvalue weighted by Crippen LogP contribution is -2.58. The van der Waals surface area contributed by atoms with E-state index in [4.69, 9.17) is 17.3 Å². The van der Waals surface area contributed by atoms with Crippen LogP contribution in [0.3, 0.4) is 0 Å². The van der Waals surface area contributed by atoms with Gasteiger partial charge in [-0.25, -0.2) is 9.59 Å². The van der Waals surface area contributed by atoms with Crippen molar-refractivity contribution >= 4 is 52.3 Å². The van der Waals surface area contributed by atoms with Crippen molar-refractivity contribution in [3.63, 3.8) is 0 Å². The van der Waals surface area contributed by atoms with Gasteiger partial charge in [-0.3, -0.25) is 9.69 Å². The van der Waals surface area contributed by atoms with E-state index in [2.05, 4.69) is 32.9 Å². The van der Waals surface area contributed by atoms with Crippen LogP contribution in [0.2, 0.25) is 5.02 Å². The highest BCUT2D eigenvalue weighted by Crippen LogP contribution is 2.34. The van der Waals surface area contributed by atoms with Crippen LogP contribution < -0.4 is 16.4 Å². The van der Waals surface area contributed by atoms with Gasteiger partial charge < -0.3 is 36.0 Å². The Hall–Kier alpha value is -3.06. The number of hydrogen-bond acceptors (Lipinski definition) is 7. The first kappa shape index (κ1) is 31.5. The highest BCUT2D eigenvalue weighted by molar-refractivity contribution is 7.08. The minimum atomic E-state index is -0.720. The Labute approximate surface area is 280 Å². The number of benzene rings is 1. The maximum Gasteiger partial charge on any atom is 0.322 e. The van der Waals surface area contributed by atoms with Gasteiger partial charge in [-0.2, -0.15) is 0 Å². The molecular formula is C33H45ClN8O3S. The molecule has 2 bridgehead atoms. The van der Waals surface area contributed by atoms with E-state index in [0.717, 1.165) is 48.3 Å². The van der Waals surface area contributed by atoms with Crippen LogP contribution in [-0.2, 0) is 17.8 Å². The van der Waals surface area contributed by atoms with Crippen molar-refractivity contribution in [2.75, 3.05) is 57.4 Å². The predicted octanol–water partition coefficient (Wildman–Crippen LogP) is 3.80. The molecule has 4 N–H and O–H groups in total. The zero-order chi connectivity index (χ0) is 32.1. The van der Waals surface area contributed by atoms with Crippen LogP contribution in [0.4, 0.5) is 21.0 Å². The summed E-state index contributed by atoms with van der Waals surface area (Å²) in [6, 6.07) is 4.57. The number of piperidine rings is 2. The molecule has 5 aliphatic rings. The first-order chi connectivity index (χ1) is 22.1. The molecule has 2 unspecified atom stereocenters. The zero-order valence-corrected chi connectivity index (χ0v) is 28.3. The molecule has 5 amide bonds. The van der Waals surface area contributed by atoms with E-state index >= 15 is 0 Å². The third-order valence-electron chi connectivity index (χ3n) is 11.0. The van der Waals surface area contributed by atoms with Crippen LogP contribution >= 0.6 is 22.9 Å². The minimum Gasteiger partial charge on any atom is -0.397 e. The Morgan fingerprint density at radius 1 is 1.02 bits per heavy atom. The van der Waals surface area contributed by atoms with Gasteiger partial charge in [-0.15, -0.1) is 11.3 Å². The lowest BCUT2D eigenvalue weighted by atomic mass is 9.98. The van der Waals surface area contributed by atoms with Gasteiger partial charge in [0.15, 0.2) is 0 Å². The van der Waals surface area contributed by atoms with Crippen LogP contribution in [0.1, 0.15) is 48.8 Å². The number of nitrogens with zero attached hydrogens (tertiary/aromatic N) is 5. The molecule has 46 heavy (non-hydrogen) atoms. The first-order valence-corrected chi connectivity index (χ1v) is 17.9. The van der Waals surface area contributed by atoms with Gasteiger partial charge in [0.25, 0.3) is 0 Å². The molecule has 4 saturated heterocycles. The van der Waals surface area contributed by atoms with Crippen LogP contribution in [0.5, 0.6) is 0 Å². The fourth-order valence-electron chi connectivity index (χ4n) is 8.28. The Morgan fingerprint density at radius 2 is 1.74 bits per heavy atom. The standard InChI is InChI=1S/C33H45ClN8O3S/c1-20-11-21(12-27(34)30(20)35)13-28(31(43)39-7-3-23(4-8-39)41-17-25-14-26(41)16-38(25)2)36-32(44)40-9-5-24(6-10-40)42-15-22-18-46-19-29(22)37-33(42)45/h11-12,18-19,23-26,28H,3-10,13-17,35H2,1-2H3,(H,36,44)(H,37,45)/t25?,26?,28-/m1/s1. The number of hydrogen-bond donors (Lipinski definition) is 3. The number of carbonyl (C=O) groups is 3. The van der Waals surface area contributed by atoms with Gasteiger partial charge >= 0.3 is 12.1 Å². The molecule has 7 rings (SSSR count). The molecule has 3 atom stereocenters. The van der Waals surface area contributed by atoms with Crippen molar-refractivity contribution in [1.29, 1.82) is 0 Å². The first-order valence-electron chi connectivity index (χ1n) is 16.6. The normalized spacial score (nSPS) is 25.1. The van der Waals surface area contributed by atoms with Crippen molar-refractivity contribution in [3.8, 4) is 0 Å². The van der Waals surface area contributed by atoms with E-state index in [-0.39, 0.29) is 24.0 Å². The second kappa shape index (κ2) is 12.9. The maximum absolute atomic E-state index is 14.1. The van der Waals surface area contributed by atoms with Crippen LogP contribution in [0.25, 0.3) is 0 Å². The summed E-state index contributed by atoms with van der Waals surface area (Å²) in [7, 11) is 2.22. The molecule has 0 saturated carbocycles. The van der Waals surface area contributed by atoms with Gasteiger partial charge in [0.1, 0.15) is 6.04 Å². The van der Waals surface area contributed by atoms with Crippen molar-refractivity contribution in [2.45, 2.75) is 82.2 Å². The number of carbonyl (C=O) groups excluding carboxylic acids is 3. The predicted molar refractivity (Wildman–Crippen MR) is 181 cm³/mol. The topological polar surface area (TPSA) is 117 Å². The molecule has 0 aliphatic carbocycles. The van der Waals surface area contributed by atoms with E-state index in [9.17, 15) is 14.4 Å². The monoisotopic (exact) mass is 668 g/mol. The summed E-state index contributed by atoms with van der Waals surface area (Å²) >= 11 is 8.01. The van der Waals surface area contributed by atoms with E-state index in [1.54, 1.807) is 22.3 Å². The number of urea groups is 2. The molecular weight excluding hydrogens is 624 g/mol. The highest BCUT2D eigenvalue weighted by Gasteiger charge is 2.45. The molecule has 11 nitrogen and oxygen atoms in total. The Balaban J connectivity index is 0.990. The molecule has 1 aromatic heterocycles. The number of nitrogens with two attached hydrogens (primary N) is 1. The zero-order valence-electron chi connectivity index (χ0n) is 26.7. The Kier molecular flexibility index (Phi) is 8.81. The average molecular weight is 669 g/mol. The molecule has 248 valence electrons. The van der Waals surface area contributed by atoms with Crippen molar-refractivity contribution < 1.29 is 14.4 Å². The number of aryl methyl sites for hydroxylation is 1. The van der Waals surface area contributed by atoms with Crippen molar-refractivity contribution in [1.82, 2.24) is 29.8 Å². The molecule has 5 aliphatic heterocycles. The number of likely N-dealkylation sites (tertiary alicyclic amines) is 4. The second-order valence-electron chi connectivity index (χ2n) is 13.8. The van der Waals surface area contributed by atoms with Crippen molar-refractivity contribution in [2.24, 2.45) is 0 Å². The number of amides is 5. The summed E-state index contributed by atoms with van der Waals surface area (Å²) in [5.41, 5.74) is 10.4. The molecule has 2 aromatic rings. The molecule has 6 heterocycles. The highest BCUT2D eigenvalue weighted by atomic mass is 35.5. The third-order valence-corrected chi connectivity index (χ3v) is 12.1. The number of nitrogen functional groups attached to an aromatic ring is 1. The number of fused-ring (bicyclic) bond motifs is 3. The van der Waals surface area contributed by atoms with Gasteiger partial charge in [-0.1, -0.05) is 17.7 Å². The van der Waals surface area contributed by atoms with Crippen LogP contribution in [0.15, 0.2) is 22.9 Å². The van der Waals surface area contributed by atoms with Gasteiger partial charge in [0.05, 0.1) is 22.9 Å². The Bertz CT molecular complexity index is 1460. The molecule has 0 spiro atoms. The quantitative estimate of drug-likeness (QED) is 0.404. The molecule has 4 fully saturated rings. The van der Waals surface area contributed by atoms with Crippen LogP contribution in [0, 0.1) is 6.92 Å². The SMILES string of the molecule is Cc1cc(C[C@@H](NC(=O)N2CCC(N3Cc4cscc4NC3=O)CC2)C(=O)N2CCC(N3CC4CC3CN4C)CC2)cc(Cl)c1N. The molecule has 1 aromatic carbocycles. The summed E-state index contributed by atoms with van der Waals surface area (Å²) < 4.78 is 0. The van der Waals surface area contributed by atoms with Gasteiger partial charge in [0, 0.05) is 80.8 Å². The fourth-order valence-corrected chi connectivity index (χ4v) is 9.35. The maximum atomic E-state index is 14.1. The third kappa shape index (κ3) is 6.16. The van der Waals surface area contributed by atoms with Crippen LogP contribution in [-0.4, -0.2) is 119 Å². The summed E-state index contributed by atoms with van der Waals surface area (Å²) in [6.07, 6.45) is 4.88. The van der Waals surface area contributed by atoms with Gasteiger partial charge in [-0.05, 0) is 68.6 Å². The minimum absolute atomic E-state index is 0.0495. The summed E-state index contributed by atoms with van der Waals surface area (Å²) in [6.45, 7) is 7.18. The molecule has 0 radical (unpaired) electrons. The summed E-state index contributed by atoms with van der Waals surface area (Å²) in [5, 5.41) is 10.6. The van der Waals surface area contributed by atoms with E-state index in [0.29, 0.717) is 80.8 Å². The lowest BCUT2D eigenvalue weighted by Gasteiger charge is -2.43. The van der Waals surface area contributed by atoms with Crippen molar-refractivity contribution in [3.05, 3.63) is 44.6 Å². The number of rotatable bonds is 6. The largest absolute Gasteiger partial charge is 0.397 e. The van der Waals surface area contributed by atoms with Gasteiger partial charge in [0.2, 0.25) is 5.91 Å². The number of nitrogens with one attached hydrogen (secondary N) is 2. The summed E-state index contributed by atoms with van der Waals surface area (Å²) in [5.74, 6) is -0.0495. The number of halogens is 1. The fraction of sp³-hybridized carbons (Fsp3) is 0.606.